The molecule has 3 aliphatic carbocycles. The van der Waals surface area contributed by atoms with Gasteiger partial charge in [0.25, 0.3) is 0 Å². The van der Waals surface area contributed by atoms with Gasteiger partial charge in [-0.15, -0.1) is 0 Å². The average Bonchev–Trinajstić information content (AvgIpc) is 2.56. The first-order valence-corrected chi connectivity index (χ1v) is 7.27. The topological polar surface area (TPSA) is 68.3 Å². The molecule has 0 fully saturated rings. The zero-order chi connectivity index (χ0) is 15.4. The summed E-state index contributed by atoms with van der Waals surface area (Å²) in [6.07, 6.45) is 4.63. The molecule has 0 saturated heterocycles. The quantitative estimate of drug-likeness (QED) is 0.542. The van der Waals surface area contributed by atoms with Gasteiger partial charge in [0, 0.05) is 23.0 Å². The van der Waals surface area contributed by atoms with Crippen molar-refractivity contribution in [3.63, 3.8) is 0 Å². The molecule has 0 aromatic heterocycles. The largest absolute Gasteiger partial charge is 0.294 e. The number of carbonyl (C=O) groups is 4. The summed E-state index contributed by atoms with van der Waals surface area (Å²) in [5.74, 6) is -2.68. The molecule has 0 saturated carbocycles. The molecular formula is C18H12O4. The van der Waals surface area contributed by atoms with E-state index >= 15 is 0 Å². The standard InChI is InChI=1S/C18H12O4/c19-15-9-5-1-2-6-10(9)16(20)14-13(15)17(21)11-7-3-4-8-12(11)18(14)22/h1-6,11-12H,7-8H2. The van der Waals surface area contributed by atoms with Gasteiger partial charge in [-0.2, -0.15) is 0 Å². The van der Waals surface area contributed by atoms with Crippen LogP contribution in [-0.4, -0.2) is 23.1 Å². The van der Waals surface area contributed by atoms with Crippen LogP contribution in [0.1, 0.15) is 33.6 Å². The Labute approximate surface area is 126 Å². The minimum atomic E-state index is -0.502. The van der Waals surface area contributed by atoms with Crippen LogP contribution in [0.5, 0.6) is 0 Å². The van der Waals surface area contributed by atoms with Gasteiger partial charge < -0.3 is 0 Å². The van der Waals surface area contributed by atoms with Gasteiger partial charge in [0.05, 0.1) is 11.1 Å². The summed E-state index contributed by atoms with van der Waals surface area (Å²) in [6.45, 7) is 0. The summed E-state index contributed by atoms with van der Waals surface area (Å²) in [5, 5.41) is 0. The van der Waals surface area contributed by atoms with Gasteiger partial charge in [-0.05, 0) is 12.8 Å². The molecule has 1 aromatic rings. The van der Waals surface area contributed by atoms with Crippen molar-refractivity contribution in [1.29, 1.82) is 0 Å². The lowest BCUT2D eigenvalue weighted by molar-refractivity contribution is -0.130. The van der Waals surface area contributed by atoms with Crippen LogP contribution in [-0.2, 0) is 9.59 Å². The van der Waals surface area contributed by atoms with Crippen LogP contribution >= 0.6 is 0 Å². The molecule has 0 N–H and O–H groups in total. The first-order chi connectivity index (χ1) is 10.6. The Balaban J connectivity index is 1.95. The predicted molar refractivity (Wildman–Crippen MR) is 77.5 cm³/mol. The Morgan fingerprint density at radius 3 is 1.50 bits per heavy atom. The lowest BCUT2D eigenvalue weighted by atomic mass is 9.65. The Morgan fingerprint density at radius 2 is 1.09 bits per heavy atom. The van der Waals surface area contributed by atoms with Gasteiger partial charge >= 0.3 is 0 Å². The highest BCUT2D eigenvalue weighted by molar-refractivity contribution is 6.45. The number of benzene rings is 1. The van der Waals surface area contributed by atoms with Crippen LogP contribution in [0.3, 0.4) is 0 Å². The number of Topliss-reactive ketones (excluding diaryl/α,β-unsaturated/α-hetero) is 4. The third-order valence-corrected chi connectivity index (χ3v) is 4.72. The molecule has 108 valence electrons. The minimum Gasteiger partial charge on any atom is -0.294 e. The molecule has 4 rings (SSSR count). The van der Waals surface area contributed by atoms with Crippen molar-refractivity contribution in [2.75, 3.05) is 0 Å². The van der Waals surface area contributed by atoms with E-state index in [1.165, 1.54) is 12.1 Å². The van der Waals surface area contributed by atoms with E-state index in [1.807, 2.05) is 12.2 Å². The van der Waals surface area contributed by atoms with Crippen molar-refractivity contribution in [3.05, 3.63) is 58.7 Å². The fourth-order valence-electron chi connectivity index (χ4n) is 3.61. The van der Waals surface area contributed by atoms with E-state index in [9.17, 15) is 19.2 Å². The summed E-state index contributed by atoms with van der Waals surface area (Å²) in [6, 6.07) is 6.36. The first kappa shape index (κ1) is 13.1. The fourth-order valence-corrected chi connectivity index (χ4v) is 3.61. The smallest absolute Gasteiger partial charge is 0.198 e. The van der Waals surface area contributed by atoms with Crippen molar-refractivity contribution < 1.29 is 19.2 Å². The number of hydrogen-bond donors (Lipinski definition) is 0. The molecular weight excluding hydrogens is 280 g/mol. The van der Waals surface area contributed by atoms with Gasteiger partial charge in [-0.25, -0.2) is 0 Å². The van der Waals surface area contributed by atoms with Crippen molar-refractivity contribution in [2.45, 2.75) is 12.8 Å². The van der Waals surface area contributed by atoms with Gasteiger partial charge in [-0.3, -0.25) is 19.2 Å². The fraction of sp³-hybridized carbons (Fsp3) is 0.222. The average molecular weight is 292 g/mol. The lowest BCUT2D eigenvalue weighted by Crippen LogP contribution is -2.44. The molecule has 0 heterocycles. The van der Waals surface area contributed by atoms with Crippen molar-refractivity contribution in [3.8, 4) is 0 Å². The number of carbonyl (C=O) groups excluding carboxylic acids is 4. The number of ketones is 4. The second-order valence-corrected chi connectivity index (χ2v) is 5.84. The Hall–Kier alpha value is -2.62. The van der Waals surface area contributed by atoms with Gasteiger partial charge in [0.15, 0.2) is 23.1 Å². The van der Waals surface area contributed by atoms with E-state index < -0.39 is 23.4 Å². The van der Waals surface area contributed by atoms with Gasteiger partial charge in [-0.1, -0.05) is 36.4 Å². The molecule has 22 heavy (non-hydrogen) atoms. The number of fused-ring (bicyclic) bond motifs is 2. The molecule has 0 radical (unpaired) electrons. The van der Waals surface area contributed by atoms with Crippen LogP contribution < -0.4 is 0 Å². The van der Waals surface area contributed by atoms with Crippen LogP contribution in [0.4, 0.5) is 0 Å². The molecule has 0 aliphatic heterocycles. The maximum absolute atomic E-state index is 12.7. The van der Waals surface area contributed by atoms with E-state index in [2.05, 4.69) is 0 Å². The van der Waals surface area contributed by atoms with E-state index in [0.29, 0.717) is 12.8 Å². The molecule has 1 aromatic carbocycles. The van der Waals surface area contributed by atoms with Crippen LogP contribution in [0.15, 0.2) is 47.6 Å². The third kappa shape index (κ3) is 1.52. The van der Waals surface area contributed by atoms with Crippen molar-refractivity contribution in [1.82, 2.24) is 0 Å². The molecule has 0 amide bonds. The predicted octanol–water partition coefficient (Wildman–Crippen LogP) is 2.10. The molecule has 4 nitrogen and oxygen atoms in total. The van der Waals surface area contributed by atoms with Crippen LogP contribution in [0.25, 0.3) is 0 Å². The summed E-state index contributed by atoms with van der Waals surface area (Å²) in [7, 11) is 0. The molecule has 4 heteroatoms. The second kappa shape index (κ2) is 4.44. The number of hydrogen-bond acceptors (Lipinski definition) is 4. The summed E-state index contributed by atoms with van der Waals surface area (Å²) in [5.41, 5.74) is 0.0601. The number of allylic oxidation sites excluding steroid dienone is 4. The van der Waals surface area contributed by atoms with E-state index in [1.54, 1.807) is 12.1 Å². The first-order valence-electron chi connectivity index (χ1n) is 7.27. The molecule has 0 bridgehead atoms. The molecule has 3 aliphatic rings. The summed E-state index contributed by atoms with van der Waals surface area (Å²) in [4.78, 5) is 50.6. The molecule has 2 atom stereocenters. The second-order valence-electron chi connectivity index (χ2n) is 5.84. The number of rotatable bonds is 0. The summed E-state index contributed by atoms with van der Waals surface area (Å²) >= 11 is 0. The van der Waals surface area contributed by atoms with Crippen molar-refractivity contribution in [2.24, 2.45) is 11.8 Å². The third-order valence-electron chi connectivity index (χ3n) is 4.72. The lowest BCUT2D eigenvalue weighted by Gasteiger charge is -2.34. The van der Waals surface area contributed by atoms with Gasteiger partial charge in [0.2, 0.25) is 0 Å². The Kier molecular flexibility index (Phi) is 2.64. The van der Waals surface area contributed by atoms with E-state index in [4.69, 9.17) is 0 Å². The highest BCUT2D eigenvalue weighted by Gasteiger charge is 2.49. The monoisotopic (exact) mass is 292 g/mol. The van der Waals surface area contributed by atoms with Crippen LogP contribution in [0.2, 0.25) is 0 Å². The highest BCUT2D eigenvalue weighted by atomic mass is 16.2. The van der Waals surface area contributed by atoms with Crippen molar-refractivity contribution >= 4 is 23.1 Å². The van der Waals surface area contributed by atoms with E-state index in [0.717, 1.165) is 0 Å². The Bertz CT molecular complexity index is 758. The highest BCUT2D eigenvalue weighted by Crippen LogP contribution is 2.40. The normalized spacial score (nSPS) is 26.7. The molecule has 0 spiro atoms. The maximum atomic E-state index is 12.7. The SMILES string of the molecule is O=C1C2=C(C(=O)c3ccccc31)C(=O)C1CC=CCC1C2=O. The zero-order valence-corrected chi connectivity index (χ0v) is 11.7. The Morgan fingerprint density at radius 1 is 0.682 bits per heavy atom. The van der Waals surface area contributed by atoms with E-state index in [-0.39, 0.29) is 33.8 Å². The zero-order valence-electron chi connectivity index (χ0n) is 11.7. The minimum absolute atomic E-state index is 0.190. The molecule has 2 unspecified atom stereocenters. The summed E-state index contributed by atoms with van der Waals surface area (Å²) < 4.78 is 0. The maximum Gasteiger partial charge on any atom is 0.198 e. The van der Waals surface area contributed by atoms with Crippen LogP contribution in [0, 0.1) is 11.8 Å². The van der Waals surface area contributed by atoms with Gasteiger partial charge in [0.1, 0.15) is 0 Å².